The Hall–Kier alpha value is -2.36. The van der Waals surface area contributed by atoms with Crippen LogP contribution in [0.25, 0.3) is 0 Å². The van der Waals surface area contributed by atoms with Gasteiger partial charge in [0.05, 0.1) is 45.1 Å². The Morgan fingerprint density at radius 1 is 0.344 bits per heavy atom. The van der Waals surface area contributed by atoms with Crippen LogP contribution in [0.5, 0.6) is 0 Å². The van der Waals surface area contributed by atoms with Crippen molar-refractivity contribution in [2.24, 2.45) is 41.4 Å². The highest BCUT2D eigenvalue weighted by atomic mass is 16.7. The second-order valence-electron chi connectivity index (χ2n) is 39.6. The molecule has 0 spiro atoms. The van der Waals surface area contributed by atoms with E-state index in [-0.39, 0.29) is 41.8 Å². The van der Waals surface area contributed by atoms with Gasteiger partial charge in [0, 0.05) is 84.6 Å². The van der Waals surface area contributed by atoms with Crippen LogP contribution in [0.15, 0.2) is 0 Å². The van der Waals surface area contributed by atoms with E-state index in [2.05, 4.69) is 91.2 Å². The van der Waals surface area contributed by atoms with E-state index < -0.39 is 5.79 Å². The minimum absolute atomic E-state index is 0.00711. The van der Waals surface area contributed by atoms with Crippen molar-refractivity contribution in [1.29, 1.82) is 0 Å². The van der Waals surface area contributed by atoms with E-state index in [1.54, 1.807) is 0 Å². The van der Waals surface area contributed by atoms with E-state index in [0.717, 1.165) is 187 Å². The molecule has 122 heavy (non-hydrogen) atoms. The molecule has 2 fully saturated rings. The Morgan fingerprint density at radius 3 is 1.05 bits per heavy atom. The molecule has 14 nitrogen and oxygen atoms in total. The largest absolute Gasteiger partial charge is 0.466 e. The van der Waals surface area contributed by atoms with E-state index in [4.69, 9.17) is 33.2 Å². The third-order valence-electron chi connectivity index (χ3n) is 27.8. The van der Waals surface area contributed by atoms with Crippen LogP contribution in [0.3, 0.4) is 0 Å². The summed E-state index contributed by atoms with van der Waals surface area (Å²) in [4.78, 5) is 60.6. The van der Waals surface area contributed by atoms with Gasteiger partial charge in [0.1, 0.15) is 0 Å². The lowest BCUT2D eigenvalue weighted by molar-refractivity contribution is -0.180. The van der Waals surface area contributed by atoms with Crippen molar-refractivity contribution < 1.29 is 52.3 Å². The van der Waals surface area contributed by atoms with E-state index in [1.165, 1.54) is 302 Å². The van der Waals surface area contributed by atoms with Crippen molar-refractivity contribution in [1.82, 2.24) is 14.7 Å². The van der Waals surface area contributed by atoms with Gasteiger partial charge in [0.15, 0.2) is 5.79 Å². The van der Waals surface area contributed by atoms with Crippen LogP contribution in [-0.4, -0.2) is 157 Å². The molecule has 0 bridgehead atoms. The fourth-order valence-electron chi connectivity index (χ4n) is 19.7. The first-order valence-electron chi connectivity index (χ1n) is 54.2. The smallest absolute Gasteiger partial charge is 0.309 e. The molecule has 0 amide bonds. The second-order valence-corrected chi connectivity index (χ2v) is 39.6. The van der Waals surface area contributed by atoms with Gasteiger partial charge in [0.25, 0.3) is 0 Å². The van der Waals surface area contributed by atoms with Crippen LogP contribution in [-0.2, 0) is 52.3 Å². The van der Waals surface area contributed by atoms with Crippen molar-refractivity contribution in [2.45, 2.75) is 523 Å². The maximum Gasteiger partial charge on any atom is 0.309 e. The fraction of sp³-hybridized carbons (Fsp3) is 0.963. The normalized spacial score (nSPS) is 16.4. The number of rotatable bonds is 93. The number of ether oxygens (including phenoxy) is 7. The quantitative estimate of drug-likeness (QED) is 0.0324. The molecule has 0 aromatic heterocycles. The first-order chi connectivity index (χ1) is 59.7. The number of hydrogen-bond donors (Lipinski definition) is 0. The fourth-order valence-corrected chi connectivity index (χ4v) is 19.7. The first-order valence-corrected chi connectivity index (χ1v) is 54.2. The van der Waals surface area contributed by atoms with Crippen molar-refractivity contribution in [3.05, 3.63) is 0 Å². The average Bonchev–Trinajstić information content (AvgIpc) is 1.68. The van der Waals surface area contributed by atoms with Gasteiger partial charge in [-0.25, -0.2) is 0 Å². The summed E-state index contributed by atoms with van der Waals surface area (Å²) in [6, 6.07) is 0. The Morgan fingerprint density at radius 2 is 0.672 bits per heavy atom. The highest BCUT2D eigenvalue weighted by Crippen LogP contribution is 2.38. The molecule has 2 saturated heterocycles. The van der Waals surface area contributed by atoms with Crippen LogP contribution in [0.1, 0.15) is 511 Å². The summed E-state index contributed by atoms with van der Waals surface area (Å²) in [6.07, 6.45) is 81.7. The van der Waals surface area contributed by atoms with Gasteiger partial charge in [-0.05, 0) is 153 Å². The second kappa shape index (κ2) is 84.2. The van der Waals surface area contributed by atoms with Crippen LogP contribution in [0.2, 0.25) is 0 Å². The highest BCUT2D eigenvalue weighted by molar-refractivity contribution is 5.73. The summed E-state index contributed by atoms with van der Waals surface area (Å²) < 4.78 is 43.9. The number of esters is 4. The molecule has 0 radical (unpaired) electrons. The molecule has 6 atom stereocenters. The van der Waals surface area contributed by atoms with Gasteiger partial charge >= 0.3 is 23.9 Å². The van der Waals surface area contributed by atoms with Crippen LogP contribution in [0.4, 0.5) is 0 Å². The number of nitrogens with zero attached hydrogens (tertiary/aromatic N) is 3. The monoisotopic (exact) mass is 1720 g/mol. The minimum Gasteiger partial charge on any atom is -0.466 e. The van der Waals surface area contributed by atoms with Crippen molar-refractivity contribution in [3.8, 4) is 0 Å². The van der Waals surface area contributed by atoms with Gasteiger partial charge in [-0.15, -0.1) is 0 Å². The molecular formula is C108H209N3O11. The molecule has 0 saturated carbocycles. The van der Waals surface area contributed by atoms with Gasteiger partial charge in [0.2, 0.25) is 0 Å². The third-order valence-corrected chi connectivity index (χ3v) is 27.8. The van der Waals surface area contributed by atoms with Crippen LogP contribution < -0.4 is 0 Å². The predicted molar refractivity (Wildman–Crippen MR) is 518 cm³/mol. The van der Waals surface area contributed by atoms with Gasteiger partial charge < -0.3 is 47.9 Å². The number of carbonyl (C=O) groups excluding carboxylic acids is 4. The first kappa shape index (κ1) is 116. The highest BCUT2D eigenvalue weighted by Gasteiger charge is 2.41. The zero-order valence-electron chi connectivity index (χ0n) is 83.3. The molecule has 0 aliphatic carbocycles. The van der Waals surface area contributed by atoms with Gasteiger partial charge in [-0.1, -0.05) is 383 Å². The summed E-state index contributed by atoms with van der Waals surface area (Å²) in [5.74, 6) is 2.78. The van der Waals surface area contributed by atoms with E-state index in [9.17, 15) is 19.2 Å². The molecule has 2 aliphatic rings. The summed E-state index contributed by atoms with van der Waals surface area (Å²) in [6.45, 7) is 29.6. The molecule has 14 heteroatoms. The zero-order valence-corrected chi connectivity index (χ0v) is 83.3. The maximum atomic E-state index is 14.8. The minimum atomic E-state index is -0.467. The average molecular weight is 1730 g/mol. The molecule has 722 valence electrons. The molecule has 2 aliphatic heterocycles. The number of unbranched alkanes of at least 4 members (excludes halogenated alkanes) is 37. The molecule has 2 rings (SSSR count). The van der Waals surface area contributed by atoms with Crippen molar-refractivity contribution in [3.63, 3.8) is 0 Å². The Labute approximate surface area is 757 Å². The van der Waals surface area contributed by atoms with Crippen LogP contribution >= 0.6 is 0 Å². The van der Waals surface area contributed by atoms with E-state index in [0.29, 0.717) is 81.9 Å². The molecule has 0 aromatic carbocycles. The van der Waals surface area contributed by atoms with Gasteiger partial charge in [-0.2, -0.15) is 0 Å². The van der Waals surface area contributed by atoms with Crippen LogP contribution in [0, 0.1) is 41.4 Å². The SMILES string of the molecule is CCCCCC(CCCCC)CCOC(=O)CCCCCCCCCC(CCCCCCCCC(C(=O)OCCC(CCCCC)CCCCC)C(CCC)CC(CCCCC)CCOC(=O)CCCCCCCCCC1(CCCCCCCCCC(=O)OCCC(CCCCC)CCCCC)OCC(CN(C)C)O1)COCCCN1CCN(C)CC1. The zero-order chi connectivity index (χ0) is 88.5. The Bertz CT molecular complexity index is 2260. The Balaban J connectivity index is 1.92. The number of piperazine rings is 1. The van der Waals surface area contributed by atoms with E-state index >= 15 is 0 Å². The summed E-state index contributed by atoms with van der Waals surface area (Å²) in [5.41, 5.74) is 0. The molecule has 0 aromatic rings. The summed E-state index contributed by atoms with van der Waals surface area (Å²) in [5, 5.41) is 0. The van der Waals surface area contributed by atoms with Crippen molar-refractivity contribution in [2.75, 3.05) is 107 Å². The van der Waals surface area contributed by atoms with Crippen molar-refractivity contribution >= 4 is 23.9 Å². The molecule has 0 N–H and O–H groups in total. The number of carbonyl (C=O) groups is 4. The lowest BCUT2D eigenvalue weighted by Crippen LogP contribution is -2.44. The van der Waals surface area contributed by atoms with Gasteiger partial charge in [-0.3, -0.25) is 19.2 Å². The number of hydrogen-bond acceptors (Lipinski definition) is 14. The lowest BCUT2D eigenvalue weighted by atomic mass is 9.77. The molecule has 2 heterocycles. The predicted octanol–water partition coefficient (Wildman–Crippen LogP) is 30.3. The number of likely N-dealkylation sites (N-methyl/N-ethyl adjacent to an activating group) is 2. The maximum absolute atomic E-state index is 14.8. The summed E-state index contributed by atoms with van der Waals surface area (Å²) in [7, 11) is 6.47. The molecular weight excluding hydrogens is 1520 g/mol. The standard InChI is InChI=1S/C108H209N3O11/c1-12-20-46-63-96(64-47-21-13-2)76-88-117-104(112)73-56-41-31-27-30-38-53-70-100(94-116-87-61-82-111-85-83-110(11)84-86-111)71-54-39-34-35-40-55-72-103(107(115)120-91-78-98(67-50-24-16-5)68-51-25-17-6)101(62-19-8)92-99(69-52-26-18-7)79-90-119-106(114)75-58-43-33-29-37-45-60-81-108(121-95-102(122-108)93-109(9)10)80-59-44-36-28-32-42-57-74-105(113)118-89-77-97(65-48-22-14-3)66-49-23-15-4/h96-103H,12-95H2,1-11H3. The lowest BCUT2D eigenvalue weighted by Gasteiger charge is -2.32. The summed E-state index contributed by atoms with van der Waals surface area (Å²) >= 11 is 0. The van der Waals surface area contributed by atoms with E-state index in [1.807, 2.05) is 0 Å². The third kappa shape index (κ3) is 67.8. The Kier molecular flexibility index (Phi) is 79.9. The molecule has 6 unspecified atom stereocenters. The topological polar surface area (TPSA) is 143 Å².